The number of amides is 2. The van der Waals surface area contributed by atoms with Crippen LogP contribution in [0.25, 0.3) is 0 Å². The number of aromatic nitrogens is 2. The van der Waals surface area contributed by atoms with Crippen LogP contribution in [0.2, 0.25) is 0 Å². The molecule has 2 rings (SSSR count). The lowest BCUT2D eigenvalue weighted by Crippen LogP contribution is -2.29. The predicted molar refractivity (Wildman–Crippen MR) is 92.4 cm³/mol. The second-order valence-corrected chi connectivity index (χ2v) is 5.65. The van der Waals surface area contributed by atoms with Crippen LogP contribution in [0.1, 0.15) is 0 Å². The lowest BCUT2D eigenvalue weighted by molar-refractivity contribution is 0.116. The smallest absolute Gasteiger partial charge is 0.323 e. The largest absolute Gasteiger partial charge is 0.495 e. The molecule has 0 spiro atoms. The average molecular weight is 333 g/mol. The number of rotatable bonds is 7. The zero-order chi connectivity index (χ0) is 17.5. The molecule has 0 aliphatic rings. The summed E-state index contributed by atoms with van der Waals surface area (Å²) >= 11 is 0. The maximum Gasteiger partial charge on any atom is 0.323 e. The van der Waals surface area contributed by atoms with E-state index in [1.165, 1.54) is 6.20 Å². The fourth-order valence-electron chi connectivity index (χ4n) is 2.26. The van der Waals surface area contributed by atoms with Crippen LogP contribution in [-0.4, -0.2) is 59.7 Å². The average Bonchev–Trinajstić information content (AvgIpc) is 2.93. The summed E-state index contributed by atoms with van der Waals surface area (Å²) in [7, 11) is 5.32. The quantitative estimate of drug-likeness (QED) is 0.713. The van der Waals surface area contributed by atoms with Crippen molar-refractivity contribution >= 4 is 17.4 Å². The van der Waals surface area contributed by atoms with E-state index >= 15 is 0 Å². The van der Waals surface area contributed by atoms with Gasteiger partial charge in [0.05, 0.1) is 37.3 Å². The lowest BCUT2D eigenvalue weighted by Gasteiger charge is -2.15. The monoisotopic (exact) mass is 333 g/mol. The molecule has 1 heterocycles. The van der Waals surface area contributed by atoms with Gasteiger partial charge in [-0.1, -0.05) is 12.1 Å². The van der Waals surface area contributed by atoms with Crippen molar-refractivity contribution in [3.8, 4) is 5.75 Å². The molecule has 2 amide bonds. The number of likely N-dealkylation sites (N-methyl/N-ethyl adjacent to an activating group) is 1. The molecule has 8 heteroatoms. The Balaban J connectivity index is 1.91. The summed E-state index contributed by atoms with van der Waals surface area (Å²) in [5.74, 6) is 0.579. The normalized spacial score (nSPS) is 12.0. The Morgan fingerprint density at radius 2 is 2.12 bits per heavy atom. The molecule has 0 bridgehead atoms. The first kappa shape index (κ1) is 17.8. The highest BCUT2D eigenvalue weighted by atomic mass is 16.5. The summed E-state index contributed by atoms with van der Waals surface area (Å²) in [5.41, 5.74) is 1.12. The number of aliphatic hydroxyl groups is 1. The minimum atomic E-state index is -0.532. The van der Waals surface area contributed by atoms with Gasteiger partial charge in [0.1, 0.15) is 5.75 Å². The second kappa shape index (κ2) is 8.32. The third-order valence-electron chi connectivity index (χ3n) is 3.22. The third-order valence-corrected chi connectivity index (χ3v) is 3.22. The van der Waals surface area contributed by atoms with Crippen LogP contribution in [0, 0.1) is 0 Å². The molecular weight excluding hydrogens is 310 g/mol. The van der Waals surface area contributed by atoms with Crippen LogP contribution < -0.4 is 15.4 Å². The van der Waals surface area contributed by atoms with Gasteiger partial charge in [0.2, 0.25) is 0 Å². The van der Waals surface area contributed by atoms with Crippen LogP contribution in [-0.2, 0) is 6.54 Å². The molecule has 1 atom stereocenters. The van der Waals surface area contributed by atoms with Crippen LogP contribution in [0.3, 0.4) is 0 Å². The van der Waals surface area contributed by atoms with Crippen molar-refractivity contribution in [1.29, 1.82) is 0 Å². The first-order valence-electron chi connectivity index (χ1n) is 7.54. The van der Waals surface area contributed by atoms with Crippen LogP contribution in [0.15, 0.2) is 36.7 Å². The van der Waals surface area contributed by atoms with Gasteiger partial charge in [0.25, 0.3) is 0 Å². The minimum Gasteiger partial charge on any atom is -0.495 e. The molecule has 0 saturated heterocycles. The molecule has 24 heavy (non-hydrogen) atoms. The van der Waals surface area contributed by atoms with Gasteiger partial charge < -0.3 is 25.4 Å². The van der Waals surface area contributed by atoms with Crippen LogP contribution in [0.5, 0.6) is 5.75 Å². The van der Waals surface area contributed by atoms with Gasteiger partial charge in [-0.25, -0.2) is 4.79 Å². The van der Waals surface area contributed by atoms with E-state index in [-0.39, 0.29) is 0 Å². The van der Waals surface area contributed by atoms with E-state index in [0.717, 1.165) is 0 Å². The van der Waals surface area contributed by atoms with Crippen LogP contribution in [0.4, 0.5) is 16.2 Å². The number of hydrogen-bond donors (Lipinski definition) is 3. The van der Waals surface area contributed by atoms with Gasteiger partial charge in [-0.15, -0.1) is 0 Å². The first-order chi connectivity index (χ1) is 11.5. The molecule has 3 N–H and O–H groups in total. The number of carbonyl (C=O) groups excluding carboxylic acids is 1. The SMILES string of the molecule is COc1ccccc1NC(=O)Nc1cnn(C[C@@H](O)CN(C)C)c1. The highest BCUT2D eigenvalue weighted by molar-refractivity contribution is 6.00. The maximum atomic E-state index is 12.1. The van der Waals surface area contributed by atoms with E-state index in [1.54, 1.807) is 30.1 Å². The molecule has 0 fully saturated rings. The van der Waals surface area contributed by atoms with Crippen molar-refractivity contribution in [2.75, 3.05) is 38.4 Å². The van der Waals surface area contributed by atoms with Gasteiger partial charge in [-0.2, -0.15) is 5.10 Å². The molecule has 0 radical (unpaired) electrons. The zero-order valence-electron chi connectivity index (χ0n) is 14.1. The topological polar surface area (TPSA) is 91.7 Å². The molecular formula is C16H23N5O3. The fourth-order valence-corrected chi connectivity index (χ4v) is 2.26. The van der Waals surface area contributed by atoms with Gasteiger partial charge in [-0.05, 0) is 26.2 Å². The Kier molecular flexibility index (Phi) is 6.16. The minimum absolute atomic E-state index is 0.355. The number of aliphatic hydroxyl groups excluding tert-OH is 1. The summed E-state index contributed by atoms with van der Waals surface area (Å²) in [6.45, 7) is 0.894. The second-order valence-electron chi connectivity index (χ2n) is 5.65. The Morgan fingerprint density at radius 1 is 1.38 bits per heavy atom. The molecule has 0 saturated carbocycles. The van der Waals surface area contributed by atoms with E-state index < -0.39 is 12.1 Å². The molecule has 130 valence electrons. The van der Waals surface area contributed by atoms with Gasteiger partial charge in [0, 0.05) is 12.7 Å². The highest BCUT2D eigenvalue weighted by Gasteiger charge is 2.10. The summed E-state index contributed by atoms with van der Waals surface area (Å²) in [6, 6.07) is 6.75. The fraction of sp³-hybridized carbons (Fsp3) is 0.375. The molecule has 0 aliphatic heterocycles. The van der Waals surface area contributed by atoms with Crippen LogP contribution >= 0.6 is 0 Å². The molecule has 0 unspecified atom stereocenters. The summed E-state index contributed by atoms with van der Waals surface area (Å²) < 4.78 is 6.78. The summed E-state index contributed by atoms with van der Waals surface area (Å²) in [4.78, 5) is 14.0. The molecule has 8 nitrogen and oxygen atoms in total. The number of hydrogen-bond acceptors (Lipinski definition) is 5. The number of carbonyl (C=O) groups is 1. The predicted octanol–water partition coefficient (Wildman–Crippen LogP) is 1.46. The van der Waals surface area contributed by atoms with E-state index in [4.69, 9.17) is 4.74 Å². The van der Waals surface area contributed by atoms with E-state index in [0.29, 0.717) is 30.2 Å². The van der Waals surface area contributed by atoms with Crippen molar-refractivity contribution in [2.24, 2.45) is 0 Å². The highest BCUT2D eigenvalue weighted by Crippen LogP contribution is 2.23. The Hall–Kier alpha value is -2.58. The van der Waals surface area contributed by atoms with Crippen molar-refractivity contribution in [1.82, 2.24) is 14.7 Å². The number of nitrogens with one attached hydrogen (secondary N) is 2. The Morgan fingerprint density at radius 3 is 2.83 bits per heavy atom. The van der Waals surface area contributed by atoms with Gasteiger partial charge in [-0.3, -0.25) is 4.68 Å². The number of nitrogens with zero attached hydrogens (tertiary/aromatic N) is 3. The van der Waals surface area contributed by atoms with Crippen molar-refractivity contribution < 1.29 is 14.6 Å². The first-order valence-corrected chi connectivity index (χ1v) is 7.54. The number of benzene rings is 1. The Bertz CT molecular complexity index is 671. The van der Waals surface area contributed by atoms with Crippen molar-refractivity contribution in [3.63, 3.8) is 0 Å². The van der Waals surface area contributed by atoms with E-state index in [2.05, 4.69) is 15.7 Å². The number of methoxy groups -OCH3 is 1. The number of ether oxygens (including phenoxy) is 1. The van der Waals surface area contributed by atoms with Crippen molar-refractivity contribution in [2.45, 2.75) is 12.6 Å². The van der Waals surface area contributed by atoms with Gasteiger partial charge >= 0.3 is 6.03 Å². The number of urea groups is 1. The zero-order valence-corrected chi connectivity index (χ0v) is 14.1. The molecule has 0 aliphatic carbocycles. The standard InChI is InChI=1S/C16H23N5O3/c1-20(2)10-13(22)11-21-9-12(8-17-21)18-16(23)19-14-6-4-5-7-15(14)24-3/h4-9,13,22H,10-11H2,1-3H3,(H2,18,19,23)/t13-/m0/s1. The maximum absolute atomic E-state index is 12.1. The molecule has 1 aromatic heterocycles. The Labute approximate surface area is 141 Å². The molecule has 1 aromatic carbocycles. The van der Waals surface area contributed by atoms with E-state index in [9.17, 15) is 9.90 Å². The summed E-state index contributed by atoms with van der Waals surface area (Å²) in [5, 5.41) is 19.4. The number of anilines is 2. The summed E-state index contributed by atoms with van der Waals surface area (Å²) in [6.07, 6.45) is 2.67. The number of para-hydroxylation sites is 2. The molecule has 2 aromatic rings. The van der Waals surface area contributed by atoms with Crippen molar-refractivity contribution in [3.05, 3.63) is 36.7 Å². The van der Waals surface area contributed by atoms with Gasteiger partial charge in [0.15, 0.2) is 0 Å². The lowest BCUT2D eigenvalue weighted by atomic mass is 10.3. The third kappa shape index (κ3) is 5.25. The van der Waals surface area contributed by atoms with E-state index in [1.807, 2.05) is 31.1 Å².